The van der Waals surface area contributed by atoms with Gasteiger partial charge in [-0.1, -0.05) is 40.9 Å². The first kappa shape index (κ1) is 15.4. The number of carbonyl (C=O) groups is 1. The van der Waals surface area contributed by atoms with E-state index in [0.29, 0.717) is 6.61 Å². The topological polar surface area (TPSA) is 56.8 Å². The zero-order valence-corrected chi connectivity index (χ0v) is 12.6. The van der Waals surface area contributed by atoms with Crippen molar-refractivity contribution in [2.24, 2.45) is 0 Å². The lowest BCUT2D eigenvalue weighted by atomic mass is 10.1. The number of nitrogens with one attached hydrogen (secondary N) is 1. The molecule has 2 rings (SSSR count). The third kappa shape index (κ3) is 3.97. The van der Waals surface area contributed by atoms with E-state index in [0.717, 1.165) is 0 Å². The first-order valence-corrected chi connectivity index (χ1v) is 6.84. The van der Waals surface area contributed by atoms with Gasteiger partial charge in [-0.05, 0) is 19.9 Å². The summed E-state index contributed by atoms with van der Waals surface area (Å²) in [6, 6.07) is 0. The zero-order chi connectivity index (χ0) is 14.3. The van der Waals surface area contributed by atoms with Crippen molar-refractivity contribution in [1.29, 1.82) is 0 Å². The molecule has 0 saturated carbocycles. The molecule has 0 radical (unpaired) electrons. The molecule has 1 fully saturated rings. The zero-order valence-electron chi connectivity index (χ0n) is 10.4. The second kappa shape index (κ2) is 5.39. The van der Waals surface area contributed by atoms with Gasteiger partial charge in [-0.25, -0.2) is 0 Å². The highest BCUT2D eigenvalue weighted by atomic mass is 35.6. The molecule has 0 bridgehead atoms. The van der Waals surface area contributed by atoms with E-state index in [1.165, 1.54) is 0 Å². The summed E-state index contributed by atoms with van der Waals surface area (Å²) in [5, 5.41) is 2.46. The number of rotatable bonds is 1. The molecule has 19 heavy (non-hydrogen) atoms. The third-order valence-electron chi connectivity index (χ3n) is 2.71. The molecule has 1 N–H and O–H groups in total. The van der Waals surface area contributed by atoms with Crippen LogP contribution < -0.4 is 5.32 Å². The smallest absolute Gasteiger partial charge is 0.274 e. The summed E-state index contributed by atoms with van der Waals surface area (Å²) in [6.07, 6.45) is 2.26. The van der Waals surface area contributed by atoms with Gasteiger partial charge < -0.3 is 19.5 Å². The Labute approximate surface area is 126 Å². The van der Waals surface area contributed by atoms with Crippen molar-refractivity contribution < 1.29 is 19.0 Å². The number of alkyl halides is 3. The Hall–Kier alpha value is -0.0400. The van der Waals surface area contributed by atoms with E-state index in [4.69, 9.17) is 49.0 Å². The maximum absolute atomic E-state index is 11.5. The summed E-state index contributed by atoms with van der Waals surface area (Å²) in [6.45, 7) is 4.02. The van der Waals surface area contributed by atoms with Gasteiger partial charge in [0, 0.05) is 0 Å². The van der Waals surface area contributed by atoms with Gasteiger partial charge in [0.15, 0.2) is 5.79 Å². The predicted molar refractivity (Wildman–Crippen MR) is 71.1 cm³/mol. The van der Waals surface area contributed by atoms with Crippen LogP contribution >= 0.6 is 34.8 Å². The van der Waals surface area contributed by atoms with Gasteiger partial charge in [0.2, 0.25) is 0 Å². The average Bonchev–Trinajstić information content (AvgIpc) is 2.27. The molecular formula is C11H14Cl3NO4. The lowest BCUT2D eigenvalue weighted by Gasteiger charge is -2.42. The number of hydrogen-bond acceptors (Lipinski definition) is 4. The summed E-state index contributed by atoms with van der Waals surface area (Å²) in [5.74, 6) is -1.40. The molecule has 1 saturated heterocycles. The van der Waals surface area contributed by atoms with Crippen LogP contribution in [-0.2, 0) is 19.0 Å². The SMILES string of the molecule is CC1(C)OC[C@H]2O[C@@H](NC(=O)C(Cl)(Cl)Cl)C=C[C@@H]2O1. The molecule has 2 aliphatic heterocycles. The van der Waals surface area contributed by atoms with Crippen LogP contribution in [0.1, 0.15) is 13.8 Å². The van der Waals surface area contributed by atoms with Crippen molar-refractivity contribution in [1.82, 2.24) is 5.32 Å². The van der Waals surface area contributed by atoms with E-state index in [-0.39, 0.29) is 12.2 Å². The van der Waals surface area contributed by atoms with E-state index >= 15 is 0 Å². The Morgan fingerprint density at radius 2 is 2.05 bits per heavy atom. The number of fused-ring (bicyclic) bond motifs is 1. The van der Waals surface area contributed by atoms with Crippen LogP contribution in [0.25, 0.3) is 0 Å². The number of halogens is 3. The van der Waals surface area contributed by atoms with Gasteiger partial charge in [-0.2, -0.15) is 0 Å². The van der Waals surface area contributed by atoms with Crippen molar-refractivity contribution in [2.75, 3.05) is 6.61 Å². The Balaban J connectivity index is 1.97. The minimum Gasteiger partial charge on any atom is -0.348 e. The number of carbonyl (C=O) groups excluding carboxylic acids is 1. The van der Waals surface area contributed by atoms with Crippen LogP contribution in [0.15, 0.2) is 12.2 Å². The highest BCUT2D eigenvalue weighted by Gasteiger charge is 2.40. The molecule has 8 heteroatoms. The van der Waals surface area contributed by atoms with Crippen molar-refractivity contribution in [3.05, 3.63) is 12.2 Å². The molecule has 0 aliphatic carbocycles. The van der Waals surface area contributed by atoms with E-state index in [1.54, 1.807) is 6.08 Å². The van der Waals surface area contributed by atoms with Gasteiger partial charge in [0.05, 0.1) is 6.61 Å². The first-order chi connectivity index (χ1) is 8.67. The summed E-state index contributed by atoms with van der Waals surface area (Å²) in [5.41, 5.74) is 0. The van der Waals surface area contributed by atoms with Gasteiger partial charge >= 0.3 is 0 Å². The van der Waals surface area contributed by atoms with Crippen LogP contribution in [-0.4, -0.2) is 40.5 Å². The Bertz CT molecular complexity index is 394. The monoisotopic (exact) mass is 329 g/mol. The average molecular weight is 331 g/mol. The maximum Gasteiger partial charge on any atom is 0.274 e. The molecule has 0 aromatic carbocycles. The van der Waals surface area contributed by atoms with Gasteiger partial charge in [-0.15, -0.1) is 0 Å². The second-order valence-corrected chi connectivity index (χ2v) is 7.03. The fourth-order valence-corrected chi connectivity index (χ4v) is 2.00. The molecule has 1 amide bonds. The second-order valence-electron chi connectivity index (χ2n) is 4.74. The molecular weight excluding hydrogens is 316 g/mol. The lowest BCUT2D eigenvalue weighted by molar-refractivity contribution is -0.306. The number of ether oxygens (including phenoxy) is 3. The van der Waals surface area contributed by atoms with E-state index < -0.39 is 21.7 Å². The van der Waals surface area contributed by atoms with Crippen molar-refractivity contribution in [3.63, 3.8) is 0 Å². The van der Waals surface area contributed by atoms with Crippen LogP contribution in [0, 0.1) is 0 Å². The van der Waals surface area contributed by atoms with Crippen LogP contribution in [0.4, 0.5) is 0 Å². The van der Waals surface area contributed by atoms with Crippen LogP contribution in [0.2, 0.25) is 0 Å². The molecule has 0 unspecified atom stereocenters. The van der Waals surface area contributed by atoms with Crippen molar-refractivity contribution in [3.8, 4) is 0 Å². The van der Waals surface area contributed by atoms with Crippen molar-refractivity contribution in [2.45, 2.75) is 41.9 Å². The summed E-state index contributed by atoms with van der Waals surface area (Å²) < 4.78 is 14.7. The quantitative estimate of drug-likeness (QED) is 0.589. The third-order valence-corrected chi connectivity index (χ3v) is 3.22. The van der Waals surface area contributed by atoms with E-state index in [9.17, 15) is 4.79 Å². The molecule has 3 atom stereocenters. The highest BCUT2D eigenvalue weighted by molar-refractivity contribution is 6.76. The molecule has 0 spiro atoms. The fraction of sp³-hybridized carbons (Fsp3) is 0.727. The Kier molecular flexibility index (Phi) is 4.35. The normalized spacial score (nSPS) is 33.6. The Morgan fingerprint density at radius 1 is 1.37 bits per heavy atom. The number of amides is 1. The predicted octanol–water partition coefficient (Wildman–Crippen LogP) is 1.91. The molecule has 5 nitrogen and oxygen atoms in total. The summed E-state index contributed by atoms with van der Waals surface area (Å²) in [4.78, 5) is 11.5. The summed E-state index contributed by atoms with van der Waals surface area (Å²) >= 11 is 16.4. The fourth-order valence-electron chi connectivity index (χ4n) is 1.83. The molecule has 2 heterocycles. The van der Waals surface area contributed by atoms with Crippen molar-refractivity contribution >= 4 is 40.7 Å². The van der Waals surface area contributed by atoms with Gasteiger partial charge in [0.25, 0.3) is 9.70 Å². The highest BCUT2D eigenvalue weighted by Crippen LogP contribution is 2.29. The Morgan fingerprint density at radius 3 is 2.68 bits per heavy atom. The first-order valence-electron chi connectivity index (χ1n) is 5.71. The molecule has 108 valence electrons. The van der Waals surface area contributed by atoms with Gasteiger partial charge in [-0.3, -0.25) is 4.79 Å². The lowest BCUT2D eigenvalue weighted by Crippen LogP contribution is -2.54. The van der Waals surface area contributed by atoms with Crippen LogP contribution in [0.3, 0.4) is 0 Å². The molecule has 0 aromatic rings. The summed E-state index contributed by atoms with van der Waals surface area (Å²) in [7, 11) is 0. The standard InChI is InChI=1S/C11H14Cl3NO4/c1-10(2)17-5-7-6(19-10)3-4-8(18-7)15-9(16)11(12,13)14/h3-4,6-8H,5H2,1-2H3,(H,15,16)/t6-,7+,8+/m0/s1. The van der Waals surface area contributed by atoms with E-state index in [2.05, 4.69) is 5.32 Å². The largest absolute Gasteiger partial charge is 0.348 e. The van der Waals surface area contributed by atoms with Crippen LogP contribution in [0.5, 0.6) is 0 Å². The minimum absolute atomic E-state index is 0.218. The van der Waals surface area contributed by atoms with Gasteiger partial charge in [0.1, 0.15) is 18.4 Å². The molecule has 2 aliphatic rings. The minimum atomic E-state index is -2.02. The maximum atomic E-state index is 11.5. The van der Waals surface area contributed by atoms with E-state index in [1.807, 2.05) is 19.9 Å². The molecule has 0 aromatic heterocycles. The number of hydrogen-bond donors (Lipinski definition) is 1.